The molecule has 0 aliphatic rings. The fraction of sp³-hybridized carbons (Fsp3) is 0.240. The second-order valence-corrected chi connectivity index (χ2v) is 8.39. The average molecular weight is 472 g/mol. The van der Waals surface area contributed by atoms with E-state index in [-0.39, 0.29) is 5.76 Å². The molecule has 0 spiro atoms. The van der Waals surface area contributed by atoms with Crippen LogP contribution in [-0.2, 0) is 13.1 Å². The molecule has 2 aromatic carbocycles. The summed E-state index contributed by atoms with van der Waals surface area (Å²) in [7, 11) is 0. The Bertz CT molecular complexity index is 1560. The number of primary amides is 1. The maximum absolute atomic E-state index is 12.9. The van der Waals surface area contributed by atoms with Crippen LogP contribution in [0.25, 0.3) is 22.1 Å². The van der Waals surface area contributed by atoms with Crippen LogP contribution in [0.1, 0.15) is 45.3 Å². The first-order valence-corrected chi connectivity index (χ1v) is 11.4. The summed E-state index contributed by atoms with van der Waals surface area (Å²) in [5.74, 6) is -0.0367. The van der Waals surface area contributed by atoms with Gasteiger partial charge in [-0.15, -0.1) is 0 Å². The van der Waals surface area contributed by atoms with E-state index >= 15 is 0 Å². The first-order chi connectivity index (χ1) is 16.9. The van der Waals surface area contributed by atoms with Gasteiger partial charge in [0, 0.05) is 25.6 Å². The Morgan fingerprint density at radius 3 is 2.57 bits per heavy atom. The maximum atomic E-state index is 12.9. The number of carbonyl (C=O) groups is 2. The molecule has 0 aliphatic heterocycles. The fourth-order valence-electron chi connectivity index (χ4n) is 4.25. The third kappa shape index (κ3) is 4.37. The topological polar surface area (TPSA) is 134 Å². The van der Waals surface area contributed by atoms with Gasteiger partial charge < -0.3 is 19.3 Å². The lowest BCUT2D eigenvalue weighted by Crippen LogP contribution is -2.16. The lowest BCUT2D eigenvalue weighted by molar-refractivity contribution is 0.0988. The molecule has 178 valence electrons. The highest BCUT2D eigenvalue weighted by molar-refractivity contribution is 6.03. The normalized spacial score (nSPS) is 11.4. The number of imidazole rings is 2. The molecule has 0 bridgehead atoms. The summed E-state index contributed by atoms with van der Waals surface area (Å²) in [5, 5.41) is 2.85. The predicted octanol–water partition coefficient (Wildman–Crippen LogP) is 3.82. The SMILES string of the molecule is Cc1nc(C)c(C(=O)Nc2nc3cc(C(N)=O)ccc3n2CCCCn2cnc3ccccc32)o1. The van der Waals surface area contributed by atoms with Crippen LogP contribution < -0.4 is 11.1 Å². The monoisotopic (exact) mass is 471 g/mol. The summed E-state index contributed by atoms with van der Waals surface area (Å²) >= 11 is 0. The number of hydrogen-bond acceptors (Lipinski definition) is 6. The molecule has 0 saturated heterocycles. The van der Waals surface area contributed by atoms with Gasteiger partial charge in [0.25, 0.3) is 5.91 Å². The van der Waals surface area contributed by atoms with Gasteiger partial charge in [0.05, 0.1) is 34.1 Å². The zero-order chi connectivity index (χ0) is 24.5. The van der Waals surface area contributed by atoms with Crippen molar-refractivity contribution in [2.24, 2.45) is 5.73 Å². The third-order valence-corrected chi connectivity index (χ3v) is 5.93. The van der Waals surface area contributed by atoms with Gasteiger partial charge in [0.1, 0.15) is 0 Å². The number of nitrogens with zero attached hydrogens (tertiary/aromatic N) is 5. The minimum Gasteiger partial charge on any atom is -0.436 e. The number of rotatable bonds is 8. The standard InChI is InChI=1S/C25H25N7O3/c1-15-22(35-16(2)28-15)24(34)30-25-29-19-13-17(23(26)33)9-10-21(19)32(25)12-6-5-11-31-14-27-18-7-3-4-8-20(18)31/h3-4,7-10,13-14H,5-6,11-12H2,1-2H3,(H2,26,33)(H,29,30,34). The molecule has 2 amide bonds. The minimum atomic E-state index is -0.535. The Labute approximate surface area is 200 Å². The number of oxazole rings is 1. The first-order valence-electron chi connectivity index (χ1n) is 11.4. The van der Waals surface area contributed by atoms with Crippen LogP contribution in [-0.4, -0.2) is 35.9 Å². The van der Waals surface area contributed by atoms with Gasteiger partial charge in [-0.2, -0.15) is 0 Å². The Kier molecular flexibility index (Phi) is 5.77. The zero-order valence-corrected chi connectivity index (χ0v) is 19.5. The number of nitrogens with one attached hydrogen (secondary N) is 1. The molecule has 10 heteroatoms. The minimum absolute atomic E-state index is 0.144. The molecular formula is C25H25N7O3. The number of benzene rings is 2. The van der Waals surface area contributed by atoms with Crippen LogP contribution in [0.4, 0.5) is 5.95 Å². The summed E-state index contributed by atoms with van der Waals surface area (Å²) in [6.45, 7) is 4.83. The van der Waals surface area contributed by atoms with Crippen LogP contribution in [0.5, 0.6) is 0 Å². The number of unbranched alkanes of at least 4 members (excludes halogenated alkanes) is 1. The van der Waals surface area contributed by atoms with Crippen molar-refractivity contribution in [3.05, 3.63) is 71.7 Å². The van der Waals surface area contributed by atoms with Crippen molar-refractivity contribution in [1.29, 1.82) is 0 Å². The van der Waals surface area contributed by atoms with Gasteiger partial charge in [-0.05, 0) is 50.1 Å². The molecule has 0 aliphatic carbocycles. The molecule has 10 nitrogen and oxygen atoms in total. The highest BCUT2D eigenvalue weighted by Gasteiger charge is 2.20. The summed E-state index contributed by atoms with van der Waals surface area (Å²) in [6, 6.07) is 13.1. The van der Waals surface area contributed by atoms with E-state index < -0.39 is 11.8 Å². The van der Waals surface area contributed by atoms with Crippen molar-refractivity contribution in [2.45, 2.75) is 39.8 Å². The Morgan fingerprint density at radius 1 is 1.00 bits per heavy atom. The number of aromatic nitrogens is 5. The summed E-state index contributed by atoms with van der Waals surface area (Å²) in [4.78, 5) is 37.7. The van der Waals surface area contributed by atoms with E-state index in [1.807, 2.05) is 29.1 Å². The lowest BCUT2D eigenvalue weighted by atomic mass is 10.2. The van der Waals surface area contributed by atoms with Crippen molar-refractivity contribution in [3.8, 4) is 0 Å². The molecule has 0 saturated carbocycles. The molecule has 0 radical (unpaired) electrons. The first kappa shape index (κ1) is 22.3. The summed E-state index contributed by atoms with van der Waals surface area (Å²) in [5.41, 5.74) is 9.74. The predicted molar refractivity (Wildman–Crippen MR) is 131 cm³/mol. The second-order valence-electron chi connectivity index (χ2n) is 8.39. The van der Waals surface area contributed by atoms with Crippen molar-refractivity contribution in [3.63, 3.8) is 0 Å². The molecule has 35 heavy (non-hydrogen) atoms. The van der Waals surface area contributed by atoms with Crippen molar-refractivity contribution in [2.75, 3.05) is 5.32 Å². The molecule has 3 heterocycles. The number of hydrogen-bond donors (Lipinski definition) is 2. The number of anilines is 1. The van der Waals surface area contributed by atoms with E-state index in [4.69, 9.17) is 10.2 Å². The summed E-state index contributed by atoms with van der Waals surface area (Å²) < 4.78 is 9.53. The Balaban J connectivity index is 1.38. The highest BCUT2D eigenvalue weighted by Crippen LogP contribution is 2.23. The third-order valence-electron chi connectivity index (χ3n) is 5.93. The Morgan fingerprint density at radius 2 is 1.80 bits per heavy atom. The molecule has 0 atom stereocenters. The molecule has 3 N–H and O–H groups in total. The van der Waals surface area contributed by atoms with Gasteiger partial charge in [-0.3, -0.25) is 14.9 Å². The van der Waals surface area contributed by atoms with Crippen LogP contribution in [0, 0.1) is 13.8 Å². The molecule has 0 unspecified atom stereocenters. The fourth-order valence-corrected chi connectivity index (χ4v) is 4.25. The van der Waals surface area contributed by atoms with Gasteiger partial charge in [-0.1, -0.05) is 12.1 Å². The van der Waals surface area contributed by atoms with Crippen LogP contribution in [0.15, 0.2) is 53.2 Å². The van der Waals surface area contributed by atoms with Gasteiger partial charge >= 0.3 is 0 Å². The van der Waals surface area contributed by atoms with E-state index in [0.29, 0.717) is 35.2 Å². The average Bonchev–Trinajstić information content (AvgIpc) is 3.51. The molecule has 3 aromatic heterocycles. The Hall–Kier alpha value is -4.47. The van der Waals surface area contributed by atoms with E-state index in [0.717, 1.165) is 35.9 Å². The second kappa shape index (κ2) is 9.05. The van der Waals surface area contributed by atoms with Crippen LogP contribution in [0.2, 0.25) is 0 Å². The largest absolute Gasteiger partial charge is 0.436 e. The number of amides is 2. The van der Waals surface area contributed by atoms with Crippen molar-refractivity contribution in [1.82, 2.24) is 24.1 Å². The number of carbonyl (C=O) groups excluding carboxylic acids is 2. The smallest absolute Gasteiger partial charge is 0.295 e. The van der Waals surface area contributed by atoms with E-state index in [1.165, 1.54) is 0 Å². The highest BCUT2D eigenvalue weighted by atomic mass is 16.4. The number of fused-ring (bicyclic) bond motifs is 2. The number of nitrogens with two attached hydrogens (primary N) is 1. The quantitative estimate of drug-likeness (QED) is 0.330. The lowest BCUT2D eigenvalue weighted by Gasteiger charge is -2.10. The molecular weight excluding hydrogens is 446 g/mol. The molecule has 0 fully saturated rings. The molecule has 5 rings (SSSR count). The maximum Gasteiger partial charge on any atom is 0.295 e. The van der Waals surface area contributed by atoms with Crippen LogP contribution >= 0.6 is 0 Å². The van der Waals surface area contributed by atoms with Crippen molar-refractivity contribution < 1.29 is 14.0 Å². The van der Waals surface area contributed by atoms with Crippen LogP contribution in [0.3, 0.4) is 0 Å². The zero-order valence-electron chi connectivity index (χ0n) is 19.5. The number of aryl methyl sites for hydroxylation is 4. The number of para-hydroxylation sites is 2. The van der Waals surface area contributed by atoms with Gasteiger partial charge in [0.2, 0.25) is 17.6 Å². The van der Waals surface area contributed by atoms with E-state index in [9.17, 15) is 9.59 Å². The van der Waals surface area contributed by atoms with Crippen molar-refractivity contribution >= 4 is 39.8 Å². The van der Waals surface area contributed by atoms with Gasteiger partial charge in [-0.25, -0.2) is 15.0 Å². The summed E-state index contributed by atoms with van der Waals surface area (Å²) in [6.07, 6.45) is 3.59. The van der Waals surface area contributed by atoms with E-state index in [1.54, 1.807) is 32.0 Å². The van der Waals surface area contributed by atoms with E-state index in [2.05, 4.69) is 30.9 Å². The molecule has 5 aromatic rings. The van der Waals surface area contributed by atoms with Gasteiger partial charge in [0.15, 0.2) is 5.89 Å².